The predicted molar refractivity (Wildman–Crippen MR) is 77.9 cm³/mol. The molecule has 2 aromatic heterocycles. The number of aryl methyl sites for hydroxylation is 1. The van der Waals surface area contributed by atoms with Crippen molar-refractivity contribution in [3.8, 4) is 0 Å². The zero-order valence-corrected chi connectivity index (χ0v) is 12.1. The van der Waals surface area contributed by atoms with Gasteiger partial charge in [-0.05, 0) is 37.3 Å². The van der Waals surface area contributed by atoms with E-state index >= 15 is 0 Å². The van der Waals surface area contributed by atoms with Crippen LogP contribution in [0.15, 0.2) is 40.1 Å². The number of fused-ring (bicyclic) bond motifs is 1. The molecule has 2 heterocycles. The van der Waals surface area contributed by atoms with E-state index in [-0.39, 0.29) is 11.9 Å². The molecule has 3 rings (SSSR count). The topological polar surface area (TPSA) is 55.1 Å². The van der Waals surface area contributed by atoms with E-state index in [0.717, 1.165) is 35.6 Å². The van der Waals surface area contributed by atoms with Crippen molar-refractivity contribution in [2.45, 2.75) is 30.3 Å². The van der Waals surface area contributed by atoms with E-state index in [2.05, 4.69) is 10.3 Å². The third-order valence-electron chi connectivity index (χ3n) is 3.57. The van der Waals surface area contributed by atoms with Crippen LogP contribution >= 0.6 is 11.8 Å². The second-order valence-electron chi connectivity index (χ2n) is 4.78. The van der Waals surface area contributed by atoms with Gasteiger partial charge in [0.25, 0.3) is 5.91 Å². The minimum atomic E-state index is -0.0681. The van der Waals surface area contributed by atoms with E-state index in [1.807, 2.05) is 18.4 Å². The van der Waals surface area contributed by atoms with Crippen LogP contribution < -0.4 is 5.32 Å². The SMILES string of the molecule is CSc1ncccc1C(=O)N[C@@H]1CCCc2occc21. The molecule has 0 fully saturated rings. The van der Waals surface area contributed by atoms with Gasteiger partial charge in [-0.1, -0.05) is 0 Å². The summed E-state index contributed by atoms with van der Waals surface area (Å²) >= 11 is 1.48. The van der Waals surface area contributed by atoms with Crippen molar-refractivity contribution in [2.75, 3.05) is 6.26 Å². The summed E-state index contributed by atoms with van der Waals surface area (Å²) < 4.78 is 5.45. The molecule has 0 spiro atoms. The molecule has 0 aliphatic heterocycles. The molecule has 0 unspecified atom stereocenters. The lowest BCUT2D eigenvalue weighted by Crippen LogP contribution is -2.30. The summed E-state index contributed by atoms with van der Waals surface area (Å²) in [5, 5.41) is 3.86. The summed E-state index contributed by atoms with van der Waals surface area (Å²) in [4.78, 5) is 16.7. The molecule has 104 valence electrons. The number of amides is 1. The Morgan fingerprint density at radius 2 is 2.40 bits per heavy atom. The van der Waals surface area contributed by atoms with Crippen molar-refractivity contribution in [3.05, 3.63) is 47.5 Å². The molecule has 1 atom stereocenters. The minimum absolute atomic E-state index is 0.0416. The number of nitrogens with zero attached hydrogens (tertiary/aromatic N) is 1. The fourth-order valence-electron chi connectivity index (χ4n) is 2.60. The molecule has 20 heavy (non-hydrogen) atoms. The van der Waals surface area contributed by atoms with Crippen molar-refractivity contribution in [2.24, 2.45) is 0 Å². The molecular weight excluding hydrogens is 272 g/mol. The Labute approximate surface area is 122 Å². The van der Waals surface area contributed by atoms with Crippen molar-refractivity contribution >= 4 is 17.7 Å². The summed E-state index contributed by atoms with van der Waals surface area (Å²) in [6.45, 7) is 0. The van der Waals surface area contributed by atoms with E-state index in [1.54, 1.807) is 18.5 Å². The van der Waals surface area contributed by atoms with Crippen molar-refractivity contribution in [1.29, 1.82) is 0 Å². The van der Waals surface area contributed by atoms with Gasteiger partial charge >= 0.3 is 0 Å². The Kier molecular flexibility index (Phi) is 3.78. The van der Waals surface area contributed by atoms with E-state index < -0.39 is 0 Å². The molecule has 2 aromatic rings. The van der Waals surface area contributed by atoms with Crippen molar-refractivity contribution < 1.29 is 9.21 Å². The molecule has 0 bridgehead atoms. The van der Waals surface area contributed by atoms with Gasteiger partial charge in [-0.25, -0.2) is 4.98 Å². The second kappa shape index (κ2) is 5.71. The second-order valence-corrected chi connectivity index (χ2v) is 5.57. The van der Waals surface area contributed by atoms with Gasteiger partial charge in [0.15, 0.2) is 0 Å². The summed E-state index contributed by atoms with van der Waals surface area (Å²) in [5.41, 5.74) is 1.75. The third kappa shape index (κ3) is 2.45. The summed E-state index contributed by atoms with van der Waals surface area (Å²) in [7, 11) is 0. The van der Waals surface area contributed by atoms with Crippen LogP contribution in [0.1, 0.15) is 40.6 Å². The predicted octanol–water partition coefficient (Wildman–Crippen LogP) is 3.20. The van der Waals surface area contributed by atoms with Gasteiger partial charge in [-0.15, -0.1) is 11.8 Å². The monoisotopic (exact) mass is 288 g/mol. The number of furan rings is 1. The standard InChI is InChI=1S/C15H16N2O2S/c1-20-15-11(4-3-8-16-15)14(18)17-12-5-2-6-13-10(12)7-9-19-13/h3-4,7-9,12H,2,5-6H2,1H3,(H,17,18)/t12-/m1/s1. The maximum absolute atomic E-state index is 12.4. The molecule has 1 amide bonds. The minimum Gasteiger partial charge on any atom is -0.469 e. The number of aromatic nitrogens is 1. The lowest BCUT2D eigenvalue weighted by molar-refractivity contribution is 0.0928. The molecule has 0 saturated heterocycles. The number of rotatable bonds is 3. The van der Waals surface area contributed by atoms with Crippen LogP contribution in [-0.2, 0) is 6.42 Å². The number of hydrogen-bond donors (Lipinski definition) is 1. The highest BCUT2D eigenvalue weighted by Crippen LogP contribution is 2.31. The number of hydrogen-bond acceptors (Lipinski definition) is 4. The van der Waals surface area contributed by atoms with E-state index in [0.29, 0.717) is 5.56 Å². The van der Waals surface area contributed by atoms with Gasteiger partial charge in [0.05, 0.1) is 17.9 Å². The molecule has 4 nitrogen and oxygen atoms in total. The first kappa shape index (κ1) is 13.2. The van der Waals surface area contributed by atoms with Crippen LogP contribution in [0, 0.1) is 0 Å². The molecular formula is C15H16N2O2S. The summed E-state index contributed by atoms with van der Waals surface area (Å²) in [6, 6.07) is 5.60. The highest BCUT2D eigenvalue weighted by atomic mass is 32.2. The smallest absolute Gasteiger partial charge is 0.254 e. The van der Waals surface area contributed by atoms with Gasteiger partial charge < -0.3 is 9.73 Å². The Morgan fingerprint density at radius 1 is 1.50 bits per heavy atom. The van der Waals surface area contributed by atoms with Crippen LogP contribution in [0.5, 0.6) is 0 Å². The Hall–Kier alpha value is -1.75. The van der Waals surface area contributed by atoms with Crippen LogP contribution in [0.3, 0.4) is 0 Å². The first-order valence-corrected chi connectivity index (χ1v) is 7.88. The van der Waals surface area contributed by atoms with Gasteiger partial charge in [0, 0.05) is 18.2 Å². The highest BCUT2D eigenvalue weighted by molar-refractivity contribution is 7.98. The summed E-state index contributed by atoms with van der Waals surface area (Å²) in [6.07, 6.45) is 8.27. The number of pyridine rings is 1. The maximum atomic E-state index is 12.4. The lowest BCUT2D eigenvalue weighted by atomic mass is 9.93. The summed E-state index contributed by atoms with van der Waals surface area (Å²) in [5.74, 6) is 0.930. The largest absolute Gasteiger partial charge is 0.469 e. The Balaban J connectivity index is 1.81. The van der Waals surface area contributed by atoms with E-state index in [9.17, 15) is 4.79 Å². The number of thioether (sulfide) groups is 1. The Bertz CT molecular complexity index is 624. The van der Waals surface area contributed by atoms with Crippen LogP contribution in [-0.4, -0.2) is 17.1 Å². The van der Waals surface area contributed by atoms with Crippen LogP contribution in [0.4, 0.5) is 0 Å². The first-order chi connectivity index (χ1) is 9.79. The normalized spacial score (nSPS) is 17.6. The number of nitrogens with one attached hydrogen (secondary N) is 1. The maximum Gasteiger partial charge on any atom is 0.254 e. The zero-order valence-electron chi connectivity index (χ0n) is 11.3. The molecule has 1 N–H and O–H groups in total. The molecule has 0 aromatic carbocycles. The Morgan fingerprint density at radius 3 is 3.25 bits per heavy atom. The van der Waals surface area contributed by atoms with E-state index in [1.165, 1.54) is 11.8 Å². The average molecular weight is 288 g/mol. The van der Waals surface area contributed by atoms with Crippen molar-refractivity contribution in [1.82, 2.24) is 10.3 Å². The average Bonchev–Trinajstić information content (AvgIpc) is 2.96. The van der Waals surface area contributed by atoms with Gasteiger partial charge in [0.1, 0.15) is 10.8 Å². The van der Waals surface area contributed by atoms with Gasteiger partial charge in [0.2, 0.25) is 0 Å². The molecule has 1 aliphatic rings. The van der Waals surface area contributed by atoms with Gasteiger partial charge in [-0.3, -0.25) is 4.79 Å². The molecule has 0 radical (unpaired) electrons. The highest BCUT2D eigenvalue weighted by Gasteiger charge is 2.25. The fraction of sp³-hybridized carbons (Fsp3) is 0.333. The first-order valence-electron chi connectivity index (χ1n) is 6.65. The quantitative estimate of drug-likeness (QED) is 0.881. The van der Waals surface area contributed by atoms with Crippen LogP contribution in [0.2, 0.25) is 0 Å². The number of carbonyl (C=O) groups is 1. The van der Waals surface area contributed by atoms with Crippen molar-refractivity contribution in [3.63, 3.8) is 0 Å². The van der Waals surface area contributed by atoms with Crippen LogP contribution in [0.25, 0.3) is 0 Å². The number of carbonyl (C=O) groups excluding carboxylic acids is 1. The zero-order chi connectivity index (χ0) is 13.9. The molecule has 5 heteroatoms. The lowest BCUT2D eigenvalue weighted by Gasteiger charge is -2.23. The van der Waals surface area contributed by atoms with E-state index in [4.69, 9.17) is 4.42 Å². The molecule has 1 aliphatic carbocycles. The fourth-order valence-corrected chi connectivity index (χ4v) is 3.15. The molecule has 0 saturated carbocycles. The third-order valence-corrected chi connectivity index (χ3v) is 4.28. The van der Waals surface area contributed by atoms with Gasteiger partial charge in [-0.2, -0.15) is 0 Å².